The van der Waals surface area contributed by atoms with Crippen LogP contribution >= 0.6 is 0 Å². The van der Waals surface area contributed by atoms with E-state index in [1.54, 1.807) is 0 Å². The molecule has 1 heterocycles. The monoisotopic (exact) mass is 333 g/mol. The van der Waals surface area contributed by atoms with Gasteiger partial charge in [0, 0.05) is 19.0 Å². The number of nitrogens with one attached hydrogen (secondary N) is 1. The van der Waals surface area contributed by atoms with Crippen LogP contribution in [0.4, 0.5) is 0 Å². The van der Waals surface area contributed by atoms with Crippen LogP contribution in [0, 0.1) is 5.92 Å². The first-order chi connectivity index (χ1) is 11.8. The lowest BCUT2D eigenvalue weighted by Crippen LogP contribution is -2.35. The Morgan fingerprint density at radius 3 is 2.67 bits per heavy atom. The van der Waals surface area contributed by atoms with Crippen LogP contribution in [0.3, 0.4) is 0 Å². The van der Waals surface area contributed by atoms with Gasteiger partial charge in [-0.15, -0.1) is 0 Å². The standard InChI is InChI=1S/C19H27NO4/c1-2-22-19(21)15-5-7-16(8-6-15)20-13-14-4-9-17-18(12-14)24-11-3-10-23-17/h4,9,12,15-16,20H,2-3,5-8,10-11,13H2,1H3. The lowest BCUT2D eigenvalue weighted by atomic mass is 9.86. The van der Waals surface area contributed by atoms with Gasteiger partial charge in [0.1, 0.15) is 0 Å². The maximum atomic E-state index is 11.8. The minimum atomic E-state index is -0.0288. The Hall–Kier alpha value is -1.75. The lowest BCUT2D eigenvalue weighted by Gasteiger charge is -2.28. The Balaban J connectivity index is 1.47. The molecule has 0 bridgehead atoms. The van der Waals surface area contributed by atoms with Crippen molar-refractivity contribution in [2.75, 3.05) is 19.8 Å². The van der Waals surface area contributed by atoms with Gasteiger partial charge in [0.05, 0.1) is 25.7 Å². The molecule has 5 nitrogen and oxygen atoms in total. The molecule has 0 aromatic heterocycles. The molecule has 24 heavy (non-hydrogen) atoms. The summed E-state index contributed by atoms with van der Waals surface area (Å²) >= 11 is 0. The van der Waals surface area contributed by atoms with Crippen molar-refractivity contribution in [1.29, 1.82) is 0 Å². The smallest absolute Gasteiger partial charge is 0.308 e. The van der Waals surface area contributed by atoms with Crippen LogP contribution in [0.25, 0.3) is 0 Å². The molecule has 1 aromatic rings. The average molecular weight is 333 g/mol. The van der Waals surface area contributed by atoms with Gasteiger partial charge in [-0.05, 0) is 50.3 Å². The number of benzene rings is 1. The second kappa shape index (κ2) is 8.38. The van der Waals surface area contributed by atoms with Crippen LogP contribution in [0.5, 0.6) is 11.5 Å². The van der Waals surface area contributed by atoms with Gasteiger partial charge < -0.3 is 19.5 Å². The summed E-state index contributed by atoms with van der Waals surface area (Å²) in [6.07, 6.45) is 4.79. The fraction of sp³-hybridized carbons (Fsp3) is 0.632. The summed E-state index contributed by atoms with van der Waals surface area (Å²) in [6.45, 7) is 4.57. The lowest BCUT2D eigenvalue weighted by molar-refractivity contribution is -0.149. The van der Waals surface area contributed by atoms with Gasteiger partial charge in [0.25, 0.3) is 0 Å². The number of hydrogen-bond donors (Lipinski definition) is 1. The third-order valence-corrected chi connectivity index (χ3v) is 4.75. The minimum absolute atomic E-state index is 0.0288. The predicted molar refractivity (Wildman–Crippen MR) is 91.3 cm³/mol. The fourth-order valence-electron chi connectivity index (χ4n) is 3.37. The van der Waals surface area contributed by atoms with E-state index in [1.165, 1.54) is 5.56 Å². The van der Waals surface area contributed by atoms with Gasteiger partial charge in [0.2, 0.25) is 0 Å². The number of carbonyl (C=O) groups is 1. The highest BCUT2D eigenvalue weighted by Gasteiger charge is 2.26. The van der Waals surface area contributed by atoms with Crippen LogP contribution in [0.2, 0.25) is 0 Å². The predicted octanol–water partition coefficient (Wildman–Crippen LogP) is 3.06. The highest BCUT2D eigenvalue weighted by atomic mass is 16.5. The molecule has 1 aliphatic carbocycles. The molecule has 0 spiro atoms. The zero-order valence-corrected chi connectivity index (χ0v) is 14.4. The van der Waals surface area contributed by atoms with E-state index in [1.807, 2.05) is 13.0 Å². The molecule has 3 rings (SSSR count). The normalized spacial score (nSPS) is 23.4. The van der Waals surface area contributed by atoms with Gasteiger partial charge in [-0.2, -0.15) is 0 Å². The van der Waals surface area contributed by atoms with Crippen molar-refractivity contribution in [3.8, 4) is 11.5 Å². The summed E-state index contributed by atoms with van der Waals surface area (Å²) in [4.78, 5) is 11.8. The summed E-state index contributed by atoms with van der Waals surface area (Å²) in [5.74, 6) is 1.74. The zero-order valence-electron chi connectivity index (χ0n) is 14.4. The summed E-state index contributed by atoms with van der Waals surface area (Å²) < 4.78 is 16.5. The average Bonchev–Trinajstić information content (AvgIpc) is 2.85. The van der Waals surface area contributed by atoms with Gasteiger partial charge >= 0.3 is 5.97 Å². The third-order valence-electron chi connectivity index (χ3n) is 4.75. The van der Waals surface area contributed by atoms with Crippen LogP contribution in [-0.4, -0.2) is 31.8 Å². The third kappa shape index (κ3) is 4.41. The van der Waals surface area contributed by atoms with E-state index in [4.69, 9.17) is 14.2 Å². The molecule has 0 amide bonds. The van der Waals surface area contributed by atoms with E-state index < -0.39 is 0 Å². The topological polar surface area (TPSA) is 56.8 Å². The molecule has 1 N–H and O–H groups in total. The number of rotatable bonds is 5. The second-order valence-corrected chi connectivity index (χ2v) is 6.51. The van der Waals surface area contributed by atoms with Gasteiger partial charge in [0.15, 0.2) is 11.5 Å². The number of ether oxygens (including phenoxy) is 3. The largest absolute Gasteiger partial charge is 0.490 e. The Bertz CT molecular complexity index is 552. The van der Waals surface area contributed by atoms with Crippen molar-refractivity contribution < 1.29 is 19.0 Å². The van der Waals surface area contributed by atoms with Gasteiger partial charge in [-0.3, -0.25) is 4.79 Å². The Morgan fingerprint density at radius 1 is 1.17 bits per heavy atom. The Labute approximate surface area is 143 Å². The van der Waals surface area contributed by atoms with E-state index >= 15 is 0 Å². The molecule has 0 radical (unpaired) electrons. The highest BCUT2D eigenvalue weighted by molar-refractivity contribution is 5.72. The minimum Gasteiger partial charge on any atom is -0.490 e. The summed E-state index contributed by atoms with van der Waals surface area (Å²) in [6, 6.07) is 6.62. The molecular weight excluding hydrogens is 306 g/mol. The van der Waals surface area contributed by atoms with Crippen LogP contribution in [0.1, 0.15) is 44.6 Å². The van der Waals surface area contributed by atoms with Gasteiger partial charge in [-0.1, -0.05) is 6.07 Å². The molecule has 1 aliphatic heterocycles. The first-order valence-electron chi connectivity index (χ1n) is 9.05. The zero-order chi connectivity index (χ0) is 16.8. The first-order valence-corrected chi connectivity index (χ1v) is 9.05. The van der Waals surface area contributed by atoms with Crippen molar-refractivity contribution in [1.82, 2.24) is 5.32 Å². The van der Waals surface area contributed by atoms with E-state index in [2.05, 4.69) is 17.4 Å². The molecule has 1 aromatic carbocycles. The highest BCUT2D eigenvalue weighted by Crippen LogP contribution is 2.31. The molecule has 5 heteroatoms. The van der Waals surface area contributed by atoms with Crippen LogP contribution in [-0.2, 0) is 16.1 Å². The van der Waals surface area contributed by atoms with Crippen molar-refractivity contribution in [3.63, 3.8) is 0 Å². The van der Waals surface area contributed by atoms with Crippen LogP contribution in [0.15, 0.2) is 18.2 Å². The molecule has 0 atom stereocenters. The van der Waals surface area contributed by atoms with E-state index in [-0.39, 0.29) is 11.9 Å². The molecule has 2 aliphatic rings. The fourth-order valence-corrected chi connectivity index (χ4v) is 3.37. The molecule has 0 saturated heterocycles. The molecule has 132 valence electrons. The quantitative estimate of drug-likeness (QED) is 0.839. The SMILES string of the molecule is CCOC(=O)C1CCC(NCc2ccc3c(c2)OCCCO3)CC1. The number of carbonyl (C=O) groups excluding carboxylic acids is 1. The van der Waals surface area contributed by atoms with Crippen molar-refractivity contribution in [2.24, 2.45) is 5.92 Å². The Morgan fingerprint density at radius 2 is 1.92 bits per heavy atom. The van der Waals surface area contributed by atoms with Gasteiger partial charge in [-0.25, -0.2) is 0 Å². The molecule has 0 unspecified atom stereocenters. The summed E-state index contributed by atoms with van der Waals surface area (Å²) in [5.41, 5.74) is 1.20. The molecular formula is C19H27NO4. The second-order valence-electron chi connectivity index (χ2n) is 6.51. The van der Waals surface area contributed by atoms with Crippen LogP contribution < -0.4 is 14.8 Å². The first kappa shape index (κ1) is 17.1. The molecule has 1 saturated carbocycles. The van der Waals surface area contributed by atoms with Crippen molar-refractivity contribution >= 4 is 5.97 Å². The van der Waals surface area contributed by atoms with Crippen molar-refractivity contribution in [3.05, 3.63) is 23.8 Å². The maximum Gasteiger partial charge on any atom is 0.308 e. The summed E-state index contributed by atoms with van der Waals surface area (Å²) in [5, 5.41) is 3.60. The summed E-state index contributed by atoms with van der Waals surface area (Å²) in [7, 11) is 0. The van der Waals surface area contributed by atoms with E-state index in [9.17, 15) is 4.79 Å². The van der Waals surface area contributed by atoms with E-state index in [0.29, 0.717) is 25.9 Å². The number of fused-ring (bicyclic) bond motifs is 1. The number of hydrogen-bond acceptors (Lipinski definition) is 5. The maximum absolute atomic E-state index is 11.8. The van der Waals surface area contributed by atoms with Crippen molar-refractivity contribution in [2.45, 2.75) is 51.6 Å². The molecule has 1 fully saturated rings. The number of esters is 1. The van der Waals surface area contributed by atoms with E-state index in [0.717, 1.165) is 50.1 Å². The Kier molecular flexibility index (Phi) is 5.96.